The summed E-state index contributed by atoms with van der Waals surface area (Å²) in [6.45, 7) is 0. The number of carboxylic acid groups (broad SMARTS) is 1. The Hall–Kier alpha value is -1.75. The molecule has 1 aliphatic rings. The number of hydrogen-bond acceptors (Lipinski definition) is 4. The topological polar surface area (TPSA) is 63.1 Å². The van der Waals surface area contributed by atoms with Crippen molar-refractivity contribution in [1.82, 2.24) is 9.97 Å². The first-order valence-electron chi connectivity index (χ1n) is 5.85. The van der Waals surface area contributed by atoms with Crippen molar-refractivity contribution in [1.29, 1.82) is 0 Å². The Bertz CT molecular complexity index is 577. The Morgan fingerprint density at radius 1 is 1.50 bits per heavy atom. The lowest BCUT2D eigenvalue weighted by atomic mass is 10.1. The third-order valence-electron chi connectivity index (χ3n) is 2.98. The van der Waals surface area contributed by atoms with Crippen molar-refractivity contribution in [2.75, 3.05) is 0 Å². The third-order valence-corrected chi connectivity index (χ3v) is 3.85. The average molecular weight is 260 g/mol. The van der Waals surface area contributed by atoms with Crippen LogP contribution in [0.3, 0.4) is 0 Å². The van der Waals surface area contributed by atoms with E-state index in [-0.39, 0.29) is 5.56 Å². The van der Waals surface area contributed by atoms with Gasteiger partial charge in [-0.3, -0.25) is 0 Å². The summed E-state index contributed by atoms with van der Waals surface area (Å²) in [6.07, 6.45) is 4.20. The molecule has 0 aromatic carbocycles. The second-order valence-corrected chi connectivity index (χ2v) is 5.45. The molecule has 0 amide bonds. The first kappa shape index (κ1) is 11.3. The SMILES string of the molecule is O=C(O)c1cnc(Cc2cccs2)nc1C1CC1. The van der Waals surface area contributed by atoms with E-state index in [1.165, 1.54) is 11.1 Å². The minimum atomic E-state index is -0.931. The fourth-order valence-corrected chi connectivity index (χ4v) is 2.62. The van der Waals surface area contributed by atoms with Gasteiger partial charge in [0.1, 0.15) is 5.82 Å². The van der Waals surface area contributed by atoms with E-state index in [0.29, 0.717) is 23.9 Å². The molecule has 2 aromatic heterocycles. The minimum Gasteiger partial charge on any atom is -0.478 e. The van der Waals surface area contributed by atoms with Gasteiger partial charge in [-0.2, -0.15) is 0 Å². The van der Waals surface area contributed by atoms with Gasteiger partial charge in [0.15, 0.2) is 0 Å². The van der Waals surface area contributed by atoms with Crippen molar-refractivity contribution < 1.29 is 9.90 Å². The lowest BCUT2D eigenvalue weighted by molar-refractivity contribution is 0.0694. The molecule has 0 atom stereocenters. The number of nitrogens with zero attached hydrogens (tertiary/aromatic N) is 2. The molecule has 5 heteroatoms. The van der Waals surface area contributed by atoms with Crippen LogP contribution in [0.2, 0.25) is 0 Å². The van der Waals surface area contributed by atoms with Gasteiger partial charge in [0.2, 0.25) is 0 Å². The first-order chi connectivity index (χ1) is 8.74. The average Bonchev–Trinajstić information content (AvgIpc) is 3.08. The van der Waals surface area contributed by atoms with Gasteiger partial charge < -0.3 is 5.11 Å². The molecule has 0 spiro atoms. The van der Waals surface area contributed by atoms with Crippen LogP contribution in [0.1, 0.15) is 45.5 Å². The van der Waals surface area contributed by atoms with E-state index in [1.54, 1.807) is 11.3 Å². The van der Waals surface area contributed by atoms with Crippen LogP contribution in [0.15, 0.2) is 23.7 Å². The molecule has 2 heterocycles. The largest absolute Gasteiger partial charge is 0.478 e. The number of carbonyl (C=O) groups is 1. The van der Waals surface area contributed by atoms with Crippen LogP contribution in [-0.2, 0) is 6.42 Å². The highest BCUT2D eigenvalue weighted by Crippen LogP contribution is 2.40. The lowest BCUT2D eigenvalue weighted by Gasteiger charge is -2.05. The third kappa shape index (κ3) is 2.26. The number of hydrogen-bond donors (Lipinski definition) is 1. The normalized spacial score (nSPS) is 14.7. The number of rotatable bonds is 4. The Balaban J connectivity index is 1.92. The predicted octanol–water partition coefficient (Wildman–Crippen LogP) is 2.70. The molecule has 0 radical (unpaired) electrons. The van der Waals surface area contributed by atoms with Crippen LogP contribution in [0.4, 0.5) is 0 Å². The van der Waals surface area contributed by atoms with Crippen molar-refractivity contribution >= 4 is 17.3 Å². The highest BCUT2D eigenvalue weighted by atomic mass is 32.1. The minimum absolute atomic E-state index is 0.257. The fourth-order valence-electron chi connectivity index (χ4n) is 1.92. The zero-order valence-corrected chi connectivity index (χ0v) is 10.5. The maximum absolute atomic E-state index is 11.1. The summed E-state index contributed by atoms with van der Waals surface area (Å²) in [5.74, 6) is 0.102. The smallest absolute Gasteiger partial charge is 0.339 e. The summed E-state index contributed by atoms with van der Waals surface area (Å²) in [4.78, 5) is 20.9. The number of thiophene rings is 1. The summed E-state index contributed by atoms with van der Waals surface area (Å²) in [5.41, 5.74) is 0.969. The molecular weight excluding hydrogens is 248 g/mol. The van der Waals surface area contributed by atoms with Crippen LogP contribution >= 0.6 is 11.3 Å². The fraction of sp³-hybridized carbons (Fsp3) is 0.308. The highest BCUT2D eigenvalue weighted by Gasteiger charge is 2.30. The van der Waals surface area contributed by atoms with Gasteiger partial charge in [-0.25, -0.2) is 14.8 Å². The molecule has 4 nitrogen and oxygen atoms in total. The van der Waals surface area contributed by atoms with E-state index < -0.39 is 5.97 Å². The van der Waals surface area contributed by atoms with E-state index in [1.807, 2.05) is 17.5 Å². The lowest BCUT2D eigenvalue weighted by Crippen LogP contribution is -2.08. The van der Waals surface area contributed by atoms with Crippen molar-refractivity contribution in [2.45, 2.75) is 25.2 Å². The molecule has 2 aromatic rings. The number of aromatic nitrogens is 2. The molecule has 1 N–H and O–H groups in total. The van der Waals surface area contributed by atoms with Crippen LogP contribution in [0.25, 0.3) is 0 Å². The molecule has 0 saturated heterocycles. The van der Waals surface area contributed by atoms with Crippen LogP contribution < -0.4 is 0 Å². The van der Waals surface area contributed by atoms with Crippen molar-refractivity contribution in [3.05, 3.63) is 45.7 Å². The molecular formula is C13H12N2O2S. The van der Waals surface area contributed by atoms with E-state index in [2.05, 4.69) is 9.97 Å². The summed E-state index contributed by atoms with van der Waals surface area (Å²) in [5, 5.41) is 11.1. The van der Waals surface area contributed by atoms with Crippen LogP contribution in [0.5, 0.6) is 0 Å². The predicted molar refractivity (Wildman–Crippen MR) is 68.1 cm³/mol. The quantitative estimate of drug-likeness (QED) is 0.918. The van der Waals surface area contributed by atoms with Gasteiger partial charge in [0.05, 0.1) is 11.3 Å². The zero-order chi connectivity index (χ0) is 12.5. The van der Waals surface area contributed by atoms with Gasteiger partial charge in [0, 0.05) is 23.4 Å². The summed E-state index contributed by atoms with van der Waals surface area (Å²) < 4.78 is 0. The molecule has 1 aliphatic carbocycles. The molecule has 92 valence electrons. The van der Waals surface area contributed by atoms with Crippen molar-refractivity contribution in [3.8, 4) is 0 Å². The van der Waals surface area contributed by atoms with Crippen LogP contribution in [0, 0.1) is 0 Å². The Morgan fingerprint density at radius 3 is 2.94 bits per heavy atom. The molecule has 0 unspecified atom stereocenters. The van der Waals surface area contributed by atoms with Gasteiger partial charge in [-0.05, 0) is 24.3 Å². The van der Waals surface area contributed by atoms with Gasteiger partial charge in [0.25, 0.3) is 0 Å². The molecule has 3 rings (SSSR count). The number of aromatic carboxylic acids is 1. The number of carboxylic acids is 1. The molecule has 0 bridgehead atoms. The molecule has 0 aliphatic heterocycles. The maximum atomic E-state index is 11.1. The van der Waals surface area contributed by atoms with Crippen molar-refractivity contribution in [3.63, 3.8) is 0 Å². The van der Waals surface area contributed by atoms with E-state index in [9.17, 15) is 4.79 Å². The highest BCUT2D eigenvalue weighted by molar-refractivity contribution is 7.09. The summed E-state index contributed by atoms with van der Waals surface area (Å²) in [7, 11) is 0. The Labute approximate surface area is 108 Å². The second kappa shape index (κ2) is 4.49. The zero-order valence-electron chi connectivity index (χ0n) is 9.67. The van der Waals surface area contributed by atoms with Crippen molar-refractivity contribution in [2.24, 2.45) is 0 Å². The van der Waals surface area contributed by atoms with Gasteiger partial charge >= 0.3 is 5.97 Å². The van der Waals surface area contributed by atoms with Gasteiger partial charge in [-0.1, -0.05) is 6.07 Å². The second-order valence-electron chi connectivity index (χ2n) is 4.42. The first-order valence-corrected chi connectivity index (χ1v) is 6.73. The Kier molecular flexibility index (Phi) is 2.83. The standard InChI is InChI=1S/C13H12N2O2S/c16-13(17)10-7-14-11(6-9-2-1-5-18-9)15-12(10)8-3-4-8/h1-2,5,7-8H,3-4,6H2,(H,16,17). The van der Waals surface area contributed by atoms with Gasteiger partial charge in [-0.15, -0.1) is 11.3 Å². The van der Waals surface area contributed by atoms with E-state index in [4.69, 9.17) is 5.11 Å². The molecule has 1 saturated carbocycles. The molecule has 1 fully saturated rings. The monoisotopic (exact) mass is 260 g/mol. The maximum Gasteiger partial charge on any atom is 0.339 e. The summed E-state index contributed by atoms with van der Waals surface area (Å²) in [6, 6.07) is 4.03. The Morgan fingerprint density at radius 2 is 2.33 bits per heavy atom. The van der Waals surface area contributed by atoms with E-state index in [0.717, 1.165) is 12.8 Å². The van der Waals surface area contributed by atoms with Crippen LogP contribution in [-0.4, -0.2) is 21.0 Å². The van der Waals surface area contributed by atoms with E-state index >= 15 is 0 Å². The summed E-state index contributed by atoms with van der Waals surface area (Å²) >= 11 is 1.66. The molecule has 18 heavy (non-hydrogen) atoms.